The van der Waals surface area contributed by atoms with Gasteiger partial charge in [-0.3, -0.25) is 4.98 Å². The second-order valence-electron chi connectivity index (χ2n) is 4.77. The molecule has 0 amide bonds. The summed E-state index contributed by atoms with van der Waals surface area (Å²) in [6.45, 7) is 8.20. The first-order chi connectivity index (χ1) is 8.45. The van der Waals surface area contributed by atoms with Gasteiger partial charge in [0.15, 0.2) is 0 Å². The average molecular weight is 261 g/mol. The van der Waals surface area contributed by atoms with Crippen LogP contribution in [0.25, 0.3) is 0 Å². The number of nitrogens with two attached hydrogens (primary N) is 1. The van der Waals surface area contributed by atoms with Crippen LogP contribution >= 0.6 is 11.3 Å². The molecular weight excluding hydrogens is 242 g/mol. The van der Waals surface area contributed by atoms with Crippen LogP contribution in [0.4, 0.5) is 0 Å². The number of thiazole rings is 1. The summed E-state index contributed by atoms with van der Waals surface area (Å²) in [4.78, 5) is 10.3. The third-order valence-electron chi connectivity index (χ3n) is 2.96. The first-order valence-corrected chi connectivity index (χ1v) is 6.91. The number of rotatable bonds is 3. The van der Waals surface area contributed by atoms with E-state index in [0.29, 0.717) is 0 Å². The van der Waals surface area contributed by atoms with Gasteiger partial charge in [0.2, 0.25) is 0 Å². The molecule has 3 nitrogen and oxygen atoms in total. The van der Waals surface area contributed by atoms with Gasteiger partial charge in [-0.05, 0) is 45.4 Å². The summed E-state index contributed by atoms with van der Waals surface area (Å²) in [5.41, 5.74) is 10.5. The van der Waals surface area contributed by atoms with Gasteiger partial charge in [0.1, 0.15) is 0 Å². The van der Waals surface area contributed by atoms with E-state index in [0.717, 1.165) is 28.5 Å². The number of aromatic nitrogens is 2. The smallest absolute Gasteiger partial charge is 0.0950 e. The normalized spacial score (nSPS) is 12.7. The molecule has 2 heterocycles. The molecule has 96 valence electrons. The lowest BCUT2D eigenvalue weighted by Gasteiger charge is -2.11. The summed E-state index contributed by atoms with van der Waals surface area (Å²) >= 11 is 1.73. The van der Waals surface area contributed by atoms with Crippen molar-refractivity contribution in [3.8, 4) is 0 Å². The Morgan fingerprint density at radius 1 is 1.17 bits per heavy atom. The minimum atomic E-state index is -0.0754. The van der Waals surface area contributed by atoms with E-state index in [-0.39, 0.29) is 6.04 Å². The van der Waals surface area contributed by atoms with Gasteiger partial charge in [-0.15, -0.1) is 11.3 Å². The van der Waals surface area contributed by atoms with Gasteiger partial charge in [-0.25, -0.2) is 4.98 Å². The fourth-order valence-electron chi connectivity index (χ4n) is 1.98. The van der Waals surface area contributed by atoms with Gasteiger partial charge in [0.05, 0.1) is 22.4 Å². The molecule has 0 saturated heterocycles. The number of pyridine rings is 1. The highest BCUT2D eigenvalue weighted by molar-refractivity contribution is 7.11. The maximum atomic E-state index is 6.23. The van der Waals surface area contributed by atoms with E-state index < -0.39 is 0 Å². The molecule has 1 atom stereocenters. The molecule has 0 aliphatic carbocycles. The molecule has 2 N–H and O–H groups in total. The van der Waals surface area contributed by atoms with E-state index >= 15 is 0 Å². The molecule has 18 heavy (non-hydrogen) atoms. The maximum absolute atomic E-state index is 6.23. The first-order valence-electron chi connectivity index (χ1n) is 6.09. The largest absolute Gasteiger partial charge is 0.322 e. The molecule has 2 rings (SSSR count). The third-order valence-corrected chi connectivity index (χ3v) is 4.06. The van der Waals surface area contributed by atoms with Crippen molar-refractivity contribution in [3.63, 3.8) is 0 Å². The number of aryl methyl sites for hydroxylation is 4. The predicted molar refractivity (Wildman–Crippen MR) is 75.9 cm³/mol. The molecule has 0 radical (unpaired) electrons. The van der Waals surface area contributed by atoms with Crippen LogP contribution in [0.3, 0.4) is 0 Å². The summed E-state index contributed by atoms with van der Waals surface area (Å²) in [5.74, 6) is 0. The van der Waals surface area contributed by atoms with E-state index in [9.17, 15) is 0 Å². The summed E-state index contributed by atoms with van der Waals surface area (Å²) < 4.78 is 0. The second-order valence-corrected chi connectivity index (χ2v) is 6.06. The van der Waals surface area contributed by atoms with Crippen molar-refractivity contribution in [2.45, 2.75) is 40.2 Å². The quantitative estimate of drug-likeness (QED) is 0.924. The van der Waals surface area contributed by atoms with E-state index in [4.69, 9.17) is 5.73 Å². The van der Waals surface area contributed by atoms with Gasteiger partial charge in [-0.1, -0.05) is 0 Å². The molecule has 0 spiro atoms. The highest BCUT2D eigenvalue weighted by Gasteiger charge is 2.13. The van der Waals surface area contributed by atoms with Crippen LogP contribution in [0.15, 0.2) is 12.1 Å². The monoisotopic (exact) mass is 261 g/mol. The van der Waals surface area contributed by atoms with Crippen LogP contribution in [0, 0.1) is 27.7 Å². The number of nitrogens with zero attached hydrogens (tertiary/aromatic N) is 2. The highest BCUT2D eigenvalue weighted by atomic mass is 32.1. The van der Waals surface area contributed by atoms with Crippen molar-refractivity contribution in [2.24, 2.45) is 5.73 Å². The lowest BCUT2D eigenvalue weighted by Crippen LogP contribution is -2.15. The van der Waals surface area contributed by atoms with Crippen LogP contribution < -0.4 is 5.73 Å². The SMILES string of the molecule is Cc1cc(C)nc(C(N)Cc2nc(C)c(C)s2)c1. The fourth-order valence-corrected chi connectivity index (χ4v) is 2.97. The first kappa shape index (κ1) is 13.2. The summed E-state index contributed by atoms with van der Waals surface area (Å²) in [5, 5.41) is 1.10. The predicted octanol–water partition coefficient (Wildman–Crippen LogP) is 3.01. The topological polar surface area (TPSA) is 51.8 Å². The Morgan fingerprint density at radius 3 is 2.44 bits per heavy atom. The Kier molecular flexibility index (Phi) is 3.78. The van der Waals surface area contributed by atoms with E-state index in [1.165, 1.54) is 10.4 Å². The van der Waals surface area contributed by atoms with Crippen LogP contribution in [0.2, 0.25) is 0 Å². The average Bonchev–Trinajstić information content (AvgIpc) is 2.56. The molecule has 0 aromatic carbocycles. The molecule has 0 aliphatic heterocycles. The molecule has 2 aromatic rings. The van der Waals surface area contributed by atoms with Gasteiger partial charge >= 0.3 is 0 Å². The Morgan fingerprint density at radius 2 is 1.89 bits per heavy atom. The van der Waals surface area contributed by atoms with E-state index in [2.05, 4.69) is 35.9 Å². The van der Waals surface area contributed by atoms with Crippen molar-refractivity contribution in [2.75, 3.05) is 0 Å². The van der Waals surface area contributed by atoms with Crippen LogP contribution in [0.1, 0.15) is 38.6 Å². The van der Waals surface area contributed by atoms with Crippen molar-refractivity contribution in [3.05, 3.63) is 44.7 Å². The minimum Gasteiger partial charge on any atom is -0.322 e. The molecule has 0 bridgehead atoms. The summed E-state index contributed by atoms with van der Waals surface area (Å²) in [6, 6.07) is 4.05. The zero-order valence-electron chi connectivity index (χ0n) is 11.3. The molecular formula is C14H19N3S. The molecule has 1 unspecified atom stereocenters. The van der Waals surface area contributed by atoms with Crippen LogP contribution in [-0.2, 0) is 6.42 Å². The molecule has 2 aromatic heterocycles. The Labute approximate surface area is 112 Å². The van der Waals surface area contributed by atoms with Crippen molar-refractivity contribution < 1.29 is 0 Å². The minimum absolute atomic E-state index is 0.0754. The Balaban J connectivity index is 2.18. The summed E-state index contributed by atoms with van der Waals surface area (Å²) in [6.07, 6.45) is 0.759. The third kappa shape index (κ3) is 2.94. The Hall–Kier alpha value is -1.26. The van der Waals surface area contributed by atoms with E-state index in [1.54, 1.807) is 11.3 Å². The maximum Gasteiger partial charge on any atom is 0.0950 e. The Bertz CT molecular complexity index is 520. The molecule has 4 heteroatoms. The molecule has 0 aliphatic rings. The van der Waals surface area contributed by atoms with Gasteiger partial charge in [-0.2, -0.15) is 0 Å². The van der Waals surface area contributed by atoms with Crippen LogP contribution in [0.5, 0.6) is 0 Å². The standard InChI is InChI=1S/C14H19N3S/c1-8-5-9(2)16-13(6-8)12(15)7-14-17-10(3)11(4)18-14/h5-6,12H,7,15H2,1-4H3. The highest BCUT2D eigenvalue weighted by Crippen LogP contribution is 2.22. The number of hydrogen-bond acceptors (Lipinski definition) is 4. The van der Waals surface area contributed by atoms with Crippen molar-refractivity contribution in [1.29, 1.82) is 0 Å². The van der Waals surface area contributed by atoms with Crippen molar-refractivity contribution in [1.82, 2.24) is 9.97 Å². The zero-order chi connectivity index (χ0) is 13.3. The van der Waals surface area contributed by atoms with Crippen molar-refractivity contribution >= 4 is 11.3 Å². The fraction of sp³-hybridized carbons (Fsp3) is 0.429. The molecule has 0 saturated carbocycles. The summed E-state index contributed by atoms with van der Waals surface area (Å²) in [7, 11) is 0. The zero-order valence-corrected chi connectivity index (χ0v) is 12.1. The molecule has 0 fully saturated rings. The lowest BCUT2D eigenvalue weighted by atomic mass is 10.1. The van der Waals surface area contributed by atoms with Gasteiger partial charge < -0.3 is 5.73 Å². The van der Waals surface area contributed by atoms with Gasteiger partial charge in [0, 0.05) is 17.0 Å². The van der Waals surface area contributed by atoms with E-state index in [1.807, 2.05) is 13.8 Å². The van der Waals surface area contributed by atoms with Crippen LogP contribution in [-0.4, -0.2) is 9.97 Å². The van der Waals surface area contributed by atoms with Gasteiger partial charge in [0.25, 0.3) is 0 Å². The number of hydrogen-bond donors (Lipinski definition) is 1. The second kappa shape index (κ2) is 5.16. The lowest BCUT2D eigenvalue weighted by molar-refractivity contribution is 0.688.